The standard InChI is InChI=1S/C10H16F2N2O/c1-8(5-10(8,11)12)7(15)14-6-9(13)3-2-4-9/h2-6,13H2,1H3,(H,14,15). The van der Waals surface area contributed by atoms with Gasteiger partial charge in [-0.05, 0) is 26.2 Å². The van der Waals surface area contributed by atoms with E-state index < -0.39 is 17.2 Å². The smallest absolute Gasteiger partial charge is 0.263 e. The fourth-order valence-corrected chi connectivity index (χ4v) is 1.91. The van der Waals surface area contributed by atoms with Crippen LogP contribution in [0.25, 0.3) is 0 Å². The lowest BCUT2D eigenvalue weighted by atomic mass is 9.77. The number of alkyl halides is 2. The van der Waals surface area contributed by atoms with Gasteiger partial charge < -0.3 is 11.1 Å². The highest BCUT2D eigenvalue weighted by molar-refractivity contribution is 5.87. The van der Waals surface area contributed by atoms with Crippen LogP contribution in [0, 0.1) is 5.41 Å². The van der Waals surface area contributed by atoms with Crippen molar-refractivity contribution in [1.29, 1.82) is 0 Å². The molecule has 1 amide bonds. The van der Waals surface area contributed by atoms with Crippen molar-refractivity contribution in [3.8, 4) is 0 Å². The number of nitrogens with two attached hydrogens (primary N) is 1. The molecule has 2 saturated carbocycles. The quantitative estimate of drug-likeness (QED) is 0.743. The minimum atomic E-state index is -2.83. The number of hydrogen-bond acceptors (Lipinski definition) is 2. The van der Waals surface area contributed by atoms with Gasteiger partial charge in [0, 0.05) is 18.5 Å². The largest absolute Gasteiger partial charge is 0.354 e. The number of carbonyl (C=O) groups is 1. The highest BCUT2D eigenvalue weighted by Crippen LogP contribution is 2.60. The maximum absolute atomic E-state index is 12.9. The molecule has 0 heterocycles. The summed E-state index contributed by atoms with van der Waals surface area (Å²) < 4.78 is 25.7. The van der Waals surface area contributed by atoms with Crippen molar-refractivity contribution in [2.24, 2.45) is 11.1 Å². The van der Waals surface area contributed by atoms with Crippen LogP contribution in [0.3, 0.4) is 0 Å². The molecule has 1 unspecified atom stereocenters. The van der Waals surface area contributed by atoms with Crippen LogP contribution in [-0.2, 0) is 4.79 Å². The molecule has 0 bridgehead atoms. The minimum Gasteiger partial charge on any atom is -0.354 e. The number of hydrogen-bond donors (Lipinski definition) is 2. The number of halogens is 2. The molecule has 0 aromatic heterocycles. The minimum absolute atomic E-state index is 0.317. The lowest BCUT2D eigenvalue weighted by Crippen LogP contribution is -2.55. The Kier molecular flexibility index (Phi) is 2.09. The third-order valence-electron chi connectivity index (χ3n) is 3.71. The van der Waals surface area contributed by atoms with Crippen molar-refractivity contribution < 1.29 is 13.6 Å². The second kappa shape index (κ2) is 2.90. The monoisotopic (exact) mass is 218 g/mol. The van der Waals surface area contributed by atoms with E-state index in [1.807, 2.05) is 0 Å². The second-order valence-corrected chi connectivity index (χ2v) is 5.11. The molecule has 2 rings (SSSR count). The predicted octanol–water partition coefficient (Wildman–Crippen LogP) is 1.03. The van der Waals surface area contributed by atoms with Gasteiger partial charge in [-0.2, -0.15) is 0 Å². The number of rotatable bonds is 3. The van der Waals surface area contributed by atoms with E-state index in [9.17, 15) is 13.6 Å². The van der Waals surface area contributed by atoms with Gasteiger partial charge in [-0.3, -0.25) is 4.79 Å². The molecule has 0 aromatic carbocycles. The molecule has 3 nitrogen and oxygen atoms in total. The zero-order valence-electron chi connectivity index (χ0n) is 8.78. The zero-order valence-corrected chi connectivity index (χ0v) is 8.78. The first kappa shape index (κ1) is 10.8. The van der Waals surface area contributed by atoms with Crippen molar-refractivity contribution in [3.05, 3.63) is 0 Å². The van der Waals surface area contributed by atoms with Crippen LogP contribution in [0.1, 0.15) is 32.6 Å². The molecule has 3 N–H and O–H groups in total. The molecule has 2 aliphatic carbocycles. The highest BCUT2D eigenvalue weighted by atomic mass is 19.3. The van der Waals surface area contributed by atoms with Crippen LogP contribution in [0.5, 0.6) is 0 Å². The maximum atomic E-state index is 12.9. The SMILES string of the molecule is CC1(C(=O)NCC2(N)CCC2)CC1(F)F. The van der Waals surface area contributed by atoms with E-state index in [1.54, 1.807) is 0 Å². The van der Waals surface area contributed by atoms with Crippen LogP contribution in [0.15, 0.2) is 0 Å². The van der Waals surface area contributed by atoms with E-state index in [1.165, 1.54) is 6.92 Å². The Labute approximate surface area is 87.4 Å². The van der Waals surface area contributed by atoms with E-state index in [-0.39, 0.29) is 12.0 Å². The molecule has 0 aromatic rings. The summed E-state index contributed by atoms with van der Waals surface area (Å²) in [4.78, 5) is 11.5. The summed E-state index contributed by atoms with van der Waals surface area (Å²) in [6.45, 7) is 1.61. The third-order valence-corrected chi connectivity index (χ3v) is 3.71. The zero-order chi connectivity index (χ0) is 11.3. The first-order valence-corrected chi connectivity index (χ1v) is 5.24. The van der Waals surface area contributed by atoms with Gasteiger partial charge in [-0.25, -0.2) is 8.78 Å². The second-order valence-electron chi connectivity index (χ2n) is 5.11. The first-order valence-electron chi connectivity index (χ1n) is 5.24. The molecule has 15 heavy (non-hydrogen) atoms. The van der Waals surface area contributed by atoms with Crippen molar-refractivity contribution in [2.75, 3.05) is 6.54 Å². The summed E-state index contributed by atoms with van der Waals surface area (Å²) in [5.41, 5.74) is 4.04. The summed E-state index contributed by atoms with van der Waals surface area (Å²) in [5, 5.41) is 2.54. The van der Waals surface area contributed by atoms with E-state index in [4.69, 9.17) is 5.73 Å². The van der Waals surface area contributed by atoms with E-state index in [0.29, 0.717) is 6.54 Å². The fourth-order valence-electron chi connectivity index (χ4n) is 1.91. The van der Waals surface area contributed by atoms with Crippen molar-refractivity contribution in [2.45, 2.75) is 44.1 Å². The van der Waals surface area contributed by atoms with Crippen LogP contribution in [0.2, 0.25) is 0 Å². The van der Waals surface area contributed by atoms with Crippen molar-refractivity contribution in [1.82, 2.24) is 5.32 Å². The first-order chi connectivity index (χ1) is 6.79. The van der Waals surface area contributed by atoms with Crippen LogP contribution in [-0.4, -0.2) is 23.9 Å². The van der Waals surface area contributed by atoms with Gasteiger partial charge in [0.15, 0.2) is 0 Å². The normalized spacial score (nSPS) is 35.5. The van der Waals surface area contributed by atoms with Gasteiger partial charge in [-0.15, -0.1) is 0 Å². The third kappa shape index (κ3) is 1.62. The summed E-state index contributed by atoms with van der Waals surface area (Å²) >= 11 is 0. The number of nitrogens with one attached hydrogen (secondary N) is 1. The predicted molar refractivity (Wildman–Crippen MR) is 51.5 cm³/mol. The molecule has 5 heteroatoms. The molecule has 2 fully saturated rings. The topological polar surface area (TPSA) is 55.1 Å². The Morgan fingerprint density at radius 3 is 2.33 bits per heavy atom. The Balaban J connectivity index is 1.84. The summed E-state index contributed by atoms with van der Waals surface area (Å²) in [6.07, 6.45) is 2.43. The molecule has 0 aliphatic heterocycles. The van der Waals surface area contributed by atoms with Gasteiger partial charge in [0.2, 0.25) is 5.91 Å². The lowest BCUT2D eigenvalue weighted by Gasteiger charge is -2.38. The Hall–Kier alpha value is -0.710. The Morgan fingerprint density at radius 1 is 1.47 bits per heavy atom. The van der Waals surface area contributed by atoms with Gasteiger partial charge in [0.25, 0.3) is 5.92 Å². The Morgan fingerprint density at radius 2 is 2.00 bits per heavy atom. The molecular formula is C10H16F2N2O. The summed E-state index contributed by atoms with van der Waals surface area (Å²) in [6, 6.07) is 0. The van der Waals surface area contributed by atoms with Gasteiger partial charge in [-0.1, -0.05) is 0 Å². The van der Waals surface area contributed by atoms with Crippen molar-refractivity contribution in [3.63, 3.8) is 0 Å². The molecule has 1 atom stereocenters. The summed E-state index contributed by atoms with van der Waals surface area (Å²) in [5.74, 6) is -3.40. The average molecular weight is 218 g/mol. The Bertz CT molecular complexity index is 302. The van der Waals surface area contributed by atoms with Crippen LogP contribution >= 0.6 is 0 Å². The van der Waals surface area contributed by atoms with Crippen LogP contribution < -0.4 is 11.1 Å². The molecule has 0 spiro atoms. The molecule has 0 saturated heterocycles. The number of amides is 1. The molecular weight excluding hydrogens is 202 g/mol. The maximum Gasteiger partial charge on any atom is 0.263 e. The molecule has 0 radical (unpaired) electrons. The van der Waals surface area contributed by atoms with Crippen molar-refractivity contribution >= 4 is 5.91 Å². The van der Waals surface area contributed by atoms with Crippen LogP contribution in [0.4, 0.5) is 8.78 Å². The highest BCUT2D eigenvalue weighted by Gasteiger charge is 2.72. The molecule has 2 aliphatic rings. The van der Waals surface area contributed by atoms with Gasteiger partial charge >= 0.3 is 0 Å². The van der Waals surface area contributed by atoms with Gasteiger partial charge in [0.05, 0.1) is 0 Å². The number of carbonyl (C=O) groups excluding carboxylic acids is 1. The summed E-state index contributed by atoms with van der Waals surface area (Å²) in [7, 11) is 0. The fraction of sp³-hybridized carbons (Fsp3) is 0.900. The lowest BCUT2D eigenvalue weighted by molar-refractivity contribution is -0.129. The van der Waals surface area contributed by atoms with E-state index >= 15 is 0 Å². The average Bonchev–Trinajstić information content (AvgIpc) is 2.60. The molecule has 86 valence electrons. The van der Waals surface area contributed by atoms with E-state index in [0.717, 1.165) is 19.3 Å². The van der Waals surface area contributed by atoms with E-state index in [2.05, 4.69) is 5.32 Å². The van der Waals surface area contributed by atoms with Gasteiger partial charge in [0.1, 0.15) is 5.41 Å².